The van der Waals surface area contributed by atoms with Gasteiger partial charge in [0.1, 0.15) is 11.6 Å². The molecule has 0 radical (unpaired) electrons. The third kappa shape index (κ3) is 6.76. The monoisotopic (exact) mass is 499 g/mol. The lowest BCUT2D eigenvalue weighted by Gasteiger charge is -2.21. The summed E-state index contributed by atoms with van der Waals surface area (Å²) in [6, 6.07) is 25.6. The third-order valence-electron chi connectivity index (χ3n) is 6.31. The summed E-state index contributed by atoms with van der Waals surface area (Å²) in [5.74, 6) is 0.270. The number of aryl methyl sites for hydroxylation is 3. The molecule has 37 heavy (non-hydrogen) atoms. The molecule has 7 heteroatoms. The van der Waals surface area contributed by atoms with Crippen LogP contribution in [0, 0.1) is 6.92 Å². The normalized spacial score (nSPS) is 11.4. The molecule has 0 saturated heterocycles. The van der Waals surface area contributed by atoms with Crippen LogP contribution in [-0.4, -0.2) is 31.0 Å². The van der Waals surface area contributed by atoms with Gasteiger partial charge in [0, 0.05) is 6.42 Å². The summed E-state index contributed by atoms with van der Waals surface area (Å²) in [7, 11) is 0. The summed E-state index contributed by atoms with van der Waals surface area (Å²) < 4.78 is 8.91. The molecule has 0 aliphatic rings. The van der Waals surface area contributed by atoms with Crippen molar-refractivity contribution in [2.24, 2.45) is 0 Å². The van der Waals surface area contributed by atoms with Crippen molar-refractivity contribution in [2.45, 2.75) is 58.7 Å². The van der Waals surface area contributed by atoms with Gasteiger partial charge in [-0.3, -0.25) is 4.57 Å². The number of hydrogen-bond donors (Lipinski definition) is 1. The number of hydrogen-bond acceptors (Lipinski definition) is 4. The van der Waals surface area contributed by atoms with Gasteiger partial charge in [-0.15, -0.1) is 0 Å². The first-order valence-corrected chi connectivity index (χ1v) is 12.5. The molecule has 0 unspecified atom stereocenters. The van der Waals surface area contributed by atoms with Crippen LogP contribution in [0.15, 0.2) is 83.7 Å². The van der Waals surface area contributed by atoms with Gasteiger partial charge in [-0.05, 0) is 62.4 Å². The number of ether oxygens (including phenoxy) is 1. The number of rotatable bonds is 11. The maximum Gasteiger partial charge on any atom is 0.347 e. The van der Waals surface area contributed by atoms with Crippen LogP contribution in [0.25, 0.3) is 0 Å². The van der Waals surface area contributed by atoms with Gasteiger partial charge in [-0.1, -0.05) is 72.3 Å². The molecule has 4 rings (SSSR count). The van der Waals surface area contributed by atoms with Gasteiger partial charge in [0.05, 0.1) is 13.1 Å². The predicted molar refractivity (Wildman–Crippen MR) is 143 cm³/mol. The Morgan fingerprint density at radius 3 is 2.14 bits per heavy atom. The quantitative estimate of drug-likeness (QED) is 0.318. The van der Waals surface area contributed by atoms with Crippen LogP contribution in [0.3, 0.4) is 0 Å². The maximum absolute atomic E-state index is 13.3. The summed E-state index contributed by atoms with van der Waals surface area (Å²) in [6.07, 6.45) is 2.27. The van der Waals surface area contributed by atoms with Crippen LogP contribution >= 0.6 is 0 Å². The molecule has 3 aromatic carbocycles. The molecule has 1 N–H and O–H groups in total. The Hall–Kier alpha value is -4.13. The zero-order valence-corrected chi connectivity index (χ0v) is 21.6. The van der Waals surface area contributed by atoms with Crippen molar-refractivity contribution in [2.75, 3.05) is 0 Å². The molecule has 0 saturated carbocycles. The number of carbonyl (C=O) groups is 1. The Balaban J connectivity index is 1.47. The van der Waals surface area contributed by atoms with Crippen LogP contribution < -0.4 is 10.4 Å². The standard InChI is InChI=1S/C30H33N3O4/c1-22-12-14-25(15-13-22)21-33-29(36)32(20-24-8-5-4-6-9-24)27(31-33)11-7-10-23-16-18-26(19-17-23)37-30(2,3)28(34)35/h4-6,8-9,12-19H,7,10-11,20-21H2,1-3H3,(H,34,35). The van der Waals surface area contributed by atoms with E-state index >= 15 is 0 Å². The lowest BCUT2D eigenvalue weighted by molar-refractivity contribution is -0.152. The second-order valence-corrected chi connectivity index (χ2v) is 9.83. The number of aromatic nitrogens is 3. The molecule has 4 aromatic rings. The van der Waals surface area contributed by atoms with Gasteiger partial charge in [0.15, 0.2) is 5.60 Å². The minimum atomic E-state index is -1.29. The summed E-state index contributed by atoms with van der Waals surface area (Å²) in [6.45, 7) is 6.00. The fourth-order valence-corrected chi connectivity index (χ4v) is 4.08. The molecular weight excluding hydrogens is 466 g/mol. The van der Waals surface area contributed by atoms with Crippen molar-refractivity contribution in [3.63, 3.8) is 0 Å². The van der Waals surface area contributed by atoms with Crippen molar-refractivity contribution in [3.8, 4) is 5.75 Å². The highest BCUT2D eigenvalue weighted by Crippen LogP contribution is 2.20. The summed E-state index contributed by atoms with van der Waals surface area (Å²) in [5.41, 5.74) is 2.98. The van der Waals surface area contributed by atoms with Gasteiger partial charge >= 0.3 is 11.7 Å². The largest absolute Gasteiger partial charge is 0.478 e. The Kier molecular flexibility index (Phi) is 7.92. The van der Waals surface area contributed by atoms with Crippen LogP contribution in [-0.2, 0) is 30.7 Å². The Morgan fingerprint density at radius 2 is 1.49 bits per heavy atom. The van der Waals surface area contributed by atoms with E-state index in [1.165, 1.54) is 19.4 Å². The SMILES string of the molecule is Cc1ccc(Cn2nc(CCCc3ccc(OC(C)(C)C(=O)O)cc3)n(Cc3ccccc3)c2=O)cc1. The van der Waals surface area contributed by atoms with E-state index in [4.69, 9.17) is 9.84 Å². The molecule has 0 amide bonds. The highest BCUT2D eigenvalue weighted by atomic mass is 16.5. The Morgan fingerprint density at radius 1 is 0.865 bits per heavy atom. The fraction of sp³-hybridized carbons (Fsp3) is 0.300. The van der Waals surface area contributed by atoms with E-state index in [1.54, 1.807) is 21.4 Å². The Labute approximate surface area is 217 Å². The number of carboxylic acids is 1. The van der Waals surface area contributed by atoms with E-state index < -0.39 is 11.6 Å². The summed E-state index contributed by atoms with van der Waals surface area (Å²) in [4.78, 5) is 24.6. The summed E-state index contributed by atoms with van der Waals surface area (Å²) in [5, 5.41) is 14.0. The lowest BCUT2D eigenvalue weighted by atomic mass is 10.1. The first-order chi connectivity index (χ1) is 17.7. The average Bonchev–Trinajstić information content (AvgIpc) is 3.16. The van der Waals surface area contributed by atoms with E-state index in [0.717, 1.165) is 35.4 Å². The van der Waals surface area contributed by atoms with E-state index in [0.29, 0.717) is 25.3 Å². The number of carboxylic acid groups (broad SMARTS) is 1. The van der Waals surface area contributed by atoms with Crippen LogP contribution in [0.5, 0.6) is 5.75 Å². The van der Waals surface area contributed by atoms with E-state index in [1.807, 2.05) is 73.7 Å². The molecular formula is C30H33N3O4. The van der Waals surface area contributed by atoms with Gasteiger partial charge < -0.3 is 9.84 Å². The Bertz CT molecular complexity index is 1390. The second kappa shape index (κ2) is 11.3. The second-order valence-electron chi connectivity index (χ2n) is 9.83. The fourth-order valence-electron chi connectivity index (χ4n) is 4.08. The molecule has 7 nitrogen and oxygen atoms in total. The molecule has 0 spiro atoms. The number of nitrogens with zero attached hydrogens (tertiary/aromatic N) is 3. The maximum atomic E-state index is 13.3. The van der Waals surface area contributed by atoms with Crippen molar-refractivity contribution in [1.29, 1.82) is 0 Å². The van der Waals surface area contributed by atoms with Crippen LogP contribution in [0.1, 0.15) is 48.3 Å². The van der Waals surface area contributed by atoms with E-state index in [-0.39, 0.29) is 5.69 Å². The molecule has 192 valence electrons. The van der Waals surface area contributed by atoms with Crippen molar-refractivity contribution in [1.82, 2.24) is 14.3 Å². The summed E-state index contributed by atoms with van der Waals surface area (Å²) >= 11 is 0. The van der Waals surface area contributed by atoms with Crippen molar-refractivity contribution in [3.05, 3.63) is 117 Å². The van der Waals surface area contributed by atoms with Crippen molar-refractivity contribution < 1.29 is 14.6 Å². The lowest BCUT2D eigenvalue weighted by Crippen LogP contribution is -2.37. The van der Waals surface area contributed by atoms with E-state index in [9.17, 15) is 14.7 Å². The first-order valence-electron chi connectivity index (χ1n) is 12.5. The smallest absolute Gasteiger partial charge is 0.347 e. The van der Waals surface area contributed by atoms with Crippen LogP contribution in [0.2, 0.25) is 0 Å². The van der Waals surface area contributed by atoms with Crippen molar-refractivity contribution >= 4 is 5.97 Å². The molecule has 0 atom stereocenters. The van der Waals surface area contributed by atoms with E-state index in [2.05, 4.69) is 0 Å². The zero-order chi connectivity index (χ0) is 26.4. The molecule has 0 bridgehead atoms. The highest BCUT2D eigenvalue weighted by Gasteiger charge is 2.29. The number of aliphatic carboxylic acids is 1. The van der Waals surface area contributed by atoms with Crippen LogP contribution in [0.4, 0.5) is 0 Å². The molecule has 0 aliphatic heterocycles. The minimum absolute atomic E-state index is 0.109. The van der Waals surface area contributed by atoms with Gasteiger partial charge in [0.25, 0.3) is 0 Å². The molecule has 1 heterocycles. The van der Waals surface area contributed by atoms with Gasteiger partial charge in [-0.25, -0.2) is 14.3 Å². The first kappa shape index (κ1) is 25.9. The van der Waals surface area contributed by atoms with Gasteiger partial charge in [-0.2, -0.15) is 5.10 Å². The molecule has 0 fully saturated rings. The highest BCUT2D eigenvalue weighted by molar-refractivity contribution is 5.76. The van der Waals surface area contributed by atoms with Gasteiger partial charge in [0.2, 0.25) is 0 Å². The molecule has 1 aromatic heterocycles. The minimum Gasteiger partial charge on any atom is -0.478 e. The third-order valence-corrected chi connectivity index (χ3v) is 6.31. The average molecular weight is 500 g/mol. The number of benzene rings is 3. The topological polar surface area (TPSA) is 86.3 Å². The molecule has 0 aliphatic carbocycles. The predicted octanol–water partition coefficient (Wildman–Crippen LogP) is 4.87. The zero-order valence-electron chi connectivity index (χ0n) is 21.6.